The van der Waals surface area contributed by atoms with Crippen LogP contribution in [0.4, 0.5) is 0 Å². The van der Waals surface area contributed by atoms with Gasteiger partial charge in [0.25, 0.3) is 0 Å². The summed E-state index contributed by atoms with van der Waals surface area (Å²) in [5.41, 5.74) is 4.17. The van der Waals surface area contributed by atoms with E-state index in [4.69, 9.17) is 5.84 Å². The van der Waals surface area contributed by atoms with Crippen molar-refractivity contribution < 1.29 is 0 Å². The number of hydrogen-bond donors (Lipinski definition) is 2. The van der Waals surface area contributed by atoms with Gasteiger partial charge in [-0.3, -0.25) is 11.3 Å². The molecule has 0 spiro atoms. The first-order valence-corrected chi connectivity index (χ1v) is 5.80. The fourth-order valence-electron chi connectivity index (χ4n) is 1.68. The summed E-state index contributed by atoms with van der Waals surface area (Å²) in [5, 5.41) is 0. The molecule has 2 rings (SSSR count). The van der Waals surface area contributed by atoms with Crippen molar-refractivity contribution in [3.8, 4) is 0 Å². The molecule has 14 heavy (non-hydrogen) atoms. The molecule has 0 aliphatic heterocycles. The maximum absolute atomic E-state index is 5.56. The Kier molecular flexibility index (Phi) is 3.21. The second-order valence-corrected chi connectivity index (χ2v) is 4.87. The Labute approximate surface area is 93.0 Å². The van der Waals surface area contributed by atoms with Gasteiger partial charge < -0.3 is 0 Å². The van der Waals surface area contributed by atoms with Gasteiger partial charge in [0.05, 0.1) is 0 Å². The third-order valence-electron chi connectivity index (χ3n) is 2.74. The monoisotopic (exact) mass is 254 g/mol. The van der Waals surface area contributed by atoms with Crippen LogP contribution >= 0.6 is 15.9 Å². The van der Waals surface area contributed by atoms with E-state index in [1.165, 1.54) is 18.4 Å². The highest BCUT2D eigenvalue weighted by Crippen LogP contribution is 2.37. The molecule has 0 amide bonds. The van der Waals surface area contributed by atoms with Crippen molar-refractivity contribution in [2.75, 3.05) is 0 Å². The van der Waals surface area contributed by atoms with E-state index in [2.05, 4.69) is 45.6 Å². The molecule has 1 unspecified atom stereocenters. The largest absolute Gasteiger partial charge is 0.271 e. The average Bonchev–Trinajstić information content (AvgIpc) is 3.00. The van der Waals surface area contributed by atoms with Crippen LogP contribution in [0.5, 0.6) is 0 Å². The van der Waals surface area contributed by atoms with E-state index in [0.29, 0.717) is 6.04 Å². The van der Waals surface area contributed by atoms with Gasteiger partial charge in [0.15, 0.2) is 0 Å². The zero-order valence-corrected chi connectivity index (χ0v) is 9.63. The van der Waals surface area contributed by atoms with E-state index < -0.39 is 0 Å². The van der Waals surface area contributed by atoms with Gasteiger partial charge in [0.2, 0.25) is 0 Å². The van der Waals surface area contributed by atoms with E-state index >= 15 is 0 Å². The van der Waals surface area contributed by atoms with E-state index in [1.54, 1.807) is 0 Å². The Morgan fingerprint density at radius 2 is 2.00 bits per heavy atom. The summed E-state index contributed by atoms with van der Waals surface area (Å²) < 4.78 is 1.11. The maximum atomic E-state index is 5.56. The first kappa shape index (κ1) is 10.1. The van der Waals surface area contributed by atoms with Crippen molar-refractivity contribution >= 4 is 15.9 Å². The minimum absolute atomic E-state index is 0.315. The van der Waals surface area contributed by atoms with Crippen LogP contribution in [0.15, 0.2) is 28.7 Å². The van der Waals surface area contributed by atoms with Crippen LogP contribution in [0.3, 0.4) is 0 Å². The smallest absolute Gasteiger partial charge is 0.0462 e. The molecule has 1 saturated carbocycles. The minimum Gasteiger partial charge on any atom is -0.271 e. The summed E-state index contributed by atoms with van der Waals surface area (Å²) >= 11 is 3.43. The predicted octanol–water partition coefficient (Wildman–Crippen LogP) is 2.75. The van der Waals surface area contributed by atoms with Gasteiger partial charge in [0, 0.05) is 10.5 Å². The third-order valence-corrected chi connectivity index (χ3v) is 3.27. The Morgan fingerprint density at radius 3 is 2.50 bits per heavy atom. The highest BCUT2D eigenvalue weighted by molar-refractivity contribution is 9.10. The Balaban J connectivity index is 2.05. The van der Waals surface area contributed by atoms with E-state index in [-0.39, 0.29) is 0 Å². The van der Waals surface area contributed by atoms with Gasteiger partial charge in [-0.05, 0) is 30.0 Å². The molecule has 1 aliphatic carbocycles. The summed E-state index contributed by atoms with van der Waals surface area (Å²) in [6, 6.07) is 8.68. The van der Waals surface area contributed by atoms with Crippen molar-refractivity contribution in [1.82, 2.24) is 5.43 Å². The second-order valence-electron chi connectivity index (χ2n) is 3.95. The zero-order chi connectivity index (χ0) is 9.97. The minimum atomic E-state index is 0.315. The zero-order valence-electron chi connectivity index (χ0n) is 8.04. The van der Waals surface area contributed by atoms with Gasteiger partial charge in [-0.15, -0.1) is 0 Å². The molecule has 2 nitrogen and oxygen atoms in total. The number of halogens is 1. The summed E-state index contributed by atoms with van der Waals surface area (Å²) in [6.45, 7) is 0. The molecule has 0 radical (unpaired) electrons. The number of hydrazine groups is 1. The quantitative estimate of drug-likeness (QED) is 0.641. The molecular formula is C11H15BrN2. The topological polar surface area (TPSA) is 38.0 Å². The molecule has 1 atom stereocenters. The number of hydrogen-bond acceptors (Lipinski definition) is 2. The highest BCUT2D eigenvalue weighted by Gasteiger charge is 2.25. The molecule has 1 aliphatic rings. The molecule has 1 aromatic rings. The molecule has 1 fully saturated rings. The van der Waals surface area contributed by atoms with Crippen molar-refractivity contribution in [1.29, 1.82) is 0 Å². The number of rotatable bonds is 4. The van der Waals surface area contributed by atoms with Crippen molar-refractivity contribution in [3.05, 3.63) is 34.3 Å². The molecule has 76 valence electrons. The van der Waals surface area contributed by atoms with Crippen molar-refractivity contribution in [2.45, 2.75) is 25.3 Å². The van der Waals surface area contributed by atoms with Crippen LogP contribution in [-0.4, -0.2) is 0 Å². The Morgan fingerprint density at radius 1 is 1.36 bits per heavy atom. The molecule has 3 N–H and O–H groups in total. The predicted molar refractivity (Wildman–Crippen MR) is 61.5 cm³/mol. The number of nitrogens with two attached hydrogens (primary N) is 1. The second kappa shape index (κ2) is 4.43. The summed E-state index contributed by atoms with van der Waals surface area (Å²) in [5.74, 6) is 6.45. The van der Waals surface area contributed by atoms with Gasteiger partial charge in [0.1, 0.15) is 0 Å². The van der Waals surface area contributed by atoms with Crippen LogP contribution in [-0.2, 0) is 0 Å². The lowest BCUT2D eigenvalue weighted by Crippen LogP contribution is -2.28. The third kappa shape index (κ3) is 2.56. The molecule has 0 aromatic heterocycles. The first-order chi connectivity index (χ1) is 6.79. The lowest BCUT2D eigenvalue weighted by atomic mass is 10.0. The van der Waals surface area contributed by atoms with E-state index in [1.807, 2.05) is 0 Å². The van der Waals surface area contributed by atoms with Gasteiger partial charge in [-0.1, -0.05) is 40.9 Å². The van der Waals surface area contributed by atoms with Crippen LogP contribution in [0.1, 0.15) is 30.9 Å². The lowest BCUT2D eigenvalue weighted by molar-refractivity contribution is 0.487. The normalized spacial score (nSPS) is 18.1. The molecule has 0 heterocycles. The summed E-state index contributed by atoms with van der Waals surface area (Å²) in [4.78, 5) is 0. The van der Waals surface area contributed by atoms with Crippen LogP contribution in [0.25, 0.3) is 0 Å². The van der Waals surface area contributed by atoms with E-state index in [9.17, 15) is 0 Å². The van der Waals surface area contributed by atoms with Gasteiger partial charge in [-0.25, -0.2) is 0 Å². The molecule has 3 heteroatoms. The maximum Gasteiger partial charge on any atom is 0.0462 e. The molecule has 0 saturated heterocycles. The lowest BCUT2D eigenvalue weighted by Gasteiger charge is -2.15. The van der Waals surface area contributed by atoms with E-state index in [0.717, 1.165) is 16.8 Å². The average molecular weight is 255 g/mol. The summed E-state index contributed by atoms with van der Waals surface area (Å²) in [6.07, 6.45) is 3.90. The SMILES string of the molecule is NNC(CC1CC1)c1ccc(Br)cc1. The number of nitrogens with one attached hydrogen (secondary N) is 1. The highest BCUT2D eigenvalue weighted by atomic mass is 79.9. The Bertz CT molecular complexity index is 293. The fraction of sp³-hybridized carbons (Fsp3) is 0.455. The van der Waals surface area contributed by atoms with Gasteiger partial charge >= 0.3 is 0 Å². The first-order valence-electron chi connectivity index (χ1n) is 5.01. The van der Waals surface area contributed by atoms with Crippen LogP contribution < -0.4 is 11.3 Å². The molecular weight excluding hydrogens is 240 g/mol. The van der Waals surface area contributed by atoms with Crippen molar-refractivity contribution in [3.63, 3.8) is 0 Å². The van der Waals surface area contributed by atoms with Crippen LogP contribution in [0, 0.1) is 5.92 Å². The Hall–Kier alpha value is -0.380. The molecule has 0 bridgehead atoms. The van der Waals surface area contributed by atoms with Crippen LogP contribution in [0.2, 0.25) is 0 Å². The molecule has 1 aromatic carbocycles. The fourth-order valence-corrected chi connectivity index (χ4v) is 1.95. The standard InChI is InChI=1S/C11H15BrN2/c12-10-5-3-9(4-6-10)11(14-13)7-8-1-2-8/h3-6,8,11,14H,1-2,7,13H2. The summed E-state index contributed by atoms with van der Waals surface area (Å²) in [7, 11) is 0. The number of benzene rings is 1. The van der Waals surface area contributed by atoms with Gasteiger partial charge in [-0.2, -0.15) is 0 Å². The van der Waals surface area contributed by atoms with Crippen molar-refractivity contribution in [2.24, 2.45) is 11.8 Å².